The Morgan fingerprint density at radius 3 is 2.75 bits per heavy atom. The van der Waals surface area contributed by atoms with Gasteiger partial charge in [0.2, 0.25) is 11.9 Å². The Balaban J connectivity index is 1.39. The van der Waals surface area contributed by atoms with Crippen LogP contribution in [0.3, 0.4) is 0 Å². The molecule has 0 spiro atoms. The largest absolute Gasteiger partial charge is 0.389 e. The molecule has 2 aliphatic heterocycles. The van der Waals surface area contributed by atoms with E-state index in [0.29, 0.717) is 11.6 Å². The van der Waals surface area contributed by atoms with Crippen molar-refractivity contribution < 1.29 is 14.7 Å². The number of aliphatic hydroxyl groups excluding tert-OH is 1. The number of piperidine rings is 1. The van der Waals surface area contributed by atoms with Crippen molar-refractivity contribution in [1.29, 1.82) is 0 Å². The summed E-state index contributed by atoms with van der Waals surface area (Å²) in [5.74, 6) is 0.132. The Kier molecular flexibility index (Phi) is 5.57. The standard InChI is InChI=1S/C20H27N5O3/c26-17-13-25(12-16(17)22-18(27)14-6-2-3-7-14)19(28)15-8-9-21-20(23-15)24-10-4-1-5-11-24/h2,6,8-9,14,16-17,26H,1,3-5,7,10-13H2,(H,22,27)/t14?,16-,17-/m1/s1. The predicted molar refractivity (Wildman–Crippen MR) is 104 cm³/mol. The highest BCUT2D eigenvalue weighted by atomic mass is 16.3. The molecular formula is C20H27N5O3. The van der Waals surface area contributed by atoms with Gasteiger partial charge in [0.15, 0.2) is 0 Å². The maximum Gasteiger partial charge on any atom is 0.272 e. The molecule has 2 N–H and O–H groups in total. The minimum atomic E-state index is -0.776. The summed E-state index contributed by atoms with van der Waals surface area (Å²) in [6, 6.07) is 1.16. The number of carbonyl (C=O) groups is 2. The zero-order valence-corrected chi connectivity index (χ0v) is 16.0. The normalized spacial score (nSPS) is 27.2. The lowest BCUT2D eigenvalue weighted by Crippen LogP contribution is -2.45. The number of allylic oxidation sites excluding steroid dienone is 1. The number of nitrogens with one attached hydrogen (secondary N) is 1. The zero-order valence-electron chi connectivity index (χ0n) is 16.0. The number of carbonyl (C=O) groups excluding carboxylic acids is 2. The van der Waals surface area contributed by atoms with E-state index >= 15 is 0 Å². The van der Waals surface area contributed by atoms with Gasteiger partial charge in [0, 0.05) is 32.4 Å². The first-order valence-electron chi connectivity index (χ1n) is 10.1. The van der Waals surface area contributed by atoms with Gasteiger partial charge in [-0.2, -0.15) is 0 Å². The van der Waals surface area contributed by atoms with Crippen molar-refractivity contribution in [1.82, 2.24) is 20.2 Å². The van der Waals surface area contributed by atoms with Gasteiger partial charge in [0.05, 0.1) is 18.1 Å². The summed E-state index contributed by atoms with van der Waals surface area (Å²) in [6.45, 7) is 2.28. The van der Waals surface area contributed by atoms with Crippen LogP contribution < -0.4 is 10.2 Å². The summed E-state index contributed by atoms with van der Waals surface area (Å²) in [4.78, 5) is 37.7. The smallest absolute Gasteiger partial charge is 0.272 e. The van der Waals surface area contributed by atoms with Crippen LogP contribution in [0.5, 0.6) is 0 Å². The molecule has 1 unspecified atom stereocenters. The van der Waals surface area contributed by atoms with Gasteiger partial charge >= 0.3 is 0 Å². The Morgan fingerprint density at radius 1 is 1.18 bits per heavy atom. The van der Waals surface area contributed by atoms with Gasteiger partial charge in [-0.05, 0) is 38.2 Å². The molecule has 4 rings (SSSR count). The van der Waals surface area contributed by atoms with Crippen LogP contribution in [-0.2, 0) is 4.79 Å². The SMILES string of the molecule is O=C(N[C@@H]1CN(C(=O)c2ccnc(N3CCCCC3)n2)C[C@H]1O)C1C=CCC1. The molecule has 1 aromatic heterocycles. The fourth-order valence-corrected chi connectivity index (χ4v) is 4.11. The summed E-state index contributed by atoms with van der Waals surface area (Å²) in [5.41, 5.74) is 0.327. The lowest BCUT2D eigenvalue weighted by molar-refractivity contribution is -0.124. The number of aromatic nitrogens is 2. The topological polar surface area (TPSA) is 98.7 Å². The number of likely N-dealkylation sites (tertiary alicyclic amines) is 1. The van der Waals surface area contributed by atoms with E-state index in [2.05, 4.69) is 20.2 Å². The molecule has 8 heteroatoms. The molecular weight excluding hydrogens is 358 g/mol. The van der Waals surface area contributed by atoms with Crippen molar-refractivity contribution in [3.63, 3.8) is 0 Å². The summed E-state index contributed by atoms with van der Waals surface area (Å²) in [7, 11) is 0. The van der Waals surface area contributed by atoms with Gasteiger partial charge in [0.1, 0.15) is 5.69 Å². The molecule has 2 amide bonds. The molecule has 0 aromatic carbocycles. The van der Waals surface area contributed by atoms with Gasteiger partial charge in [-0.25, -0.2) is 9.97 Å². The van der Waals surface area contributed by atoms with E-state index in [1.807, 2.05) is 12.2 Å². The Hall–Kier alpha value is -2.48. The van der Waals surface area contributed by atoms with E-state index in [1.165, 1.54) is 6.42 Å². The highest BCUT2D eigenvalue weighted by molar-refractivity contribution is 5.93. The molecule has 0 bridgehead atoms. The second kappa shape index (κ2) is 8.26. The molecule has 28 heavy (non-hydrogen) atoms. The van der Waals surface area contributed by atoms with Crippen LogP contribution >= 0.6 is 0 Å². The average molecular weight is 385 g/mol. The molecule has 3 atom stereocenters. The number of nitrogens with zero attached hydrogens (tertiary/aromatic N) is 4. The second-order valence-electron chi connectivity index (χ2n) is 7.79. The molecule has 0 radical (unpaired) electrons. The van der Waals surface area contributed by atoms with E-state index in [-0.39, 0.29) is 30.8 Å². The highest BCUT2D eigenvalue weighted by Gasteiger charge is 2.36. The van der Waals surface area contributed by atoms with E-state index in [4.69, 9.17) is 0 Å². The molecule has 2 fully saturated rings. The van der Waals surface area contributed by atoms with E-state index in [1.54, 1.807) is 17.2 Å². The number of hydrogen-bond donors (Lipinski definition) is 2. The van der Waals surface area contributed by atoms with Gasteiger partial charge in [-0.15, -0.1) is 0 Å². The molecule has 3 heterocycles. The predicted octanol–water partition coefficient (Wildman–Crippen LogP) is 0.735. The van der Waals surface area contributed by atoms with Crippen LogP contribution in [0.25, 0.3) is 0 Å². The third kappa shape index (κ3) is 4.01. The monoisotopic (exact) mass is 385 g/mol. The number of anilines is 1. The third-order valence-corrected chi connectivity index (χ3v) is 5.75. The van der Waals surface area contributed by atoms with Crippen molar-refractivity contribution in [2.75, 3.05) is 31.1 Å². The maximum atomic E-state index is 12.9. The Bertz CT molecular complexity index is 762. The lowest BCUT2D eigenvalue weighted by Gasteiger charge is -2.26. The van der Waals surface area contributed by atoms with Crippen molar-refractivity contribution in [3.05, 3.63) is 30.1 Å². The molecule has 1 aromatic rings. The van der Waals surface area contributed by atoms with Gasteiger partial charge in [-0.1, -0.05) is 12.2 Å². The first-order valence-corrected chi connectivity index (χ1v) is 10.1. The van der Waals surface area contributed by atoms with E-state index in [9.17, 15) is 14.7 Å². The number of rotatable bonds is 4. The highest BCUT2D eigenvalue weighted by Crippen LogP contribution is 2.20. The maximum absolute atomic E-state index is 12.9. The minimum Gasteiger partial charge on any atom is -0.389 e. The van der Waals surface area contributed by atoms with Crippen LogP contribution in [0.15, 0.2) is 24.4 Å². The fraction of sp³-hybridized carbons (Fsp3) is 0.600. The molecule has 8 nitrogen and oxygen atoms in total. The number of β-amino-alcohol motifs (C(OH)–C–C–N with tert-alkyl or cyclic N) is 1. The van der Waals surface area contributed by atoms with Crippen LogP contribution in [0.4, 0.5) is 5.95 Å². The van der Waals surface area contributed by atoms with Gasteiger partial charge < -0.3 is 20.2 Å². The van der Waals surface area contributed by atoms with Crippen LogP contribution in [-0.4, -0.2) is 70.1 Å². The third-order valence-electron chi connectivity index (χ3n) is 5.75. The summed E-state index contributed by atoms with van der Waals surface area (Å²) in [6.07, 6.45) is 9.88. The molecule has 2 saturated heterocycles. The Labute approximate surface area is 164 Å². The summed E-state index contributed by atoms with van der Waals surface area (Å²) < 4.78 is 0. The molecule has 3 aliphatic rings. The molecule has 150 valence electrons. The van der Waals surface area contributed by atoms with E-state index in [0.717, 1.165) is 38.8 Å². The summed E-state index contributed by atoms with van der Waals surface area (Å²) >= 11 is 0. The number of aliphatic hydroxyl groups is 1. The van der Waals surface area contributed by atoms with E-state index < -0.39 is 12.1 Å². The lowest BCUT2D eigenvalue weighted by atomic mass is 10.1. The first kappa shape index (κ1) is 18.9. The van der Waals surface area contributed by atoms with Gasteiger partial charge in [0.25, 0.3) is 5.91 Å². The minimum absolute atomic E-state index is 0.0819. The van der Waals surface area contributed by atoms with Crippen molar-refractivity contribution in [3.8, 4) is 0 Å². The van der Waals surface area contributed by atoms with Crippen molar-refractivity contribution in [2.45, 2.75) is 44.2 Å². The van der Waals surface area contributed by atoms with Crippen molar-refractivity contribution >= 4 is 17.8 Å². The zero-order chi connectivity index (χ0) is 19.5. The van der Waals surface area contributed by atoms with Crippen LogP contribution in [0, 0.1) is 5.92 Å². The fourth-order valence-electron chi connectivity index (χ4n) is 4.11. The number of hydrogen-bond acceptors (Lipinski definition) is 6. The second-order valence-corrected chi connectivity index (χ2v) is 7.79. The first-order chi connectivity index (χ1) is 13.6. The van der Waals surface area contributed by atoms with Crippen molar-refractivity contribution in [2.24, 2.45) is 5.92 Å². The van der Waals surface area contributed by atoms with Gasteiger partial charge in [-0.3, -0.25) is 9.59 Å². The van der Waals surface area contributed by atoms with Crippen LogP contribution in [0.1, 0.15) is 42.6 Å². The average Bonchev–Trinajstić information content (AvgIpc) is 3.39. The molecule has 0 saturated carbocycles. The number of amides is 2. The Morgan fingerprint density at radius 2 is 2.00 bits per heavy atom. The summed E-state index contributed by atoms with van der Waals surface area (Å²) in [5, 5.41) is 13.2. The van der Waals surface area contributed by atoms with Crippen LogP contribution in [0.2, 0.25) is 0 Å². The quantitative estimate of drug-likeness (QED) is 0.742. The molecule has 1 aliphatic carbocycles.